The number of carbonyl (C=O) groups is 2. The Kier molecular flexibility index (Phi) is 6.69. The topological polar surface area (TPSA) is 87.2 Å². The second kappa shape index (κ2) is 9.40. The molecule has 1 aliphatic heterocycles. The molecule has 0 saturated carbocycles. The van der Waals surface area contributed by atoms with E-state index in [4.69, 9.17) is 0 Å². The minimum Gasteiger partial charge on any atom is -0.351 e. The van der Waals surface area contributed by atoms with Crippen LogP contribution in [0.2, 0.25) is 0 Å². The Morgan fingerprint density at radius 3 is 2.48 bits per heavy atom. The number of piperidine rings is 1. The van der Waals surface area contributed by atoms with E-state index in [9.17, 15) is 18.4 Å². The van der Waals surface area contributed by atoms with E-state index in [0.717, 1.165) is 12.1 Å². The molecule has 1 aliphatic rings. The van der Waals surface area contributed by atoms with Crippen LogP contribution in [0.3, 0.4) is 0 Å². The molecule has 0 aliphatic carbocycles. The summed E-state index contributed by atoms with van der Waals surface area (Å²) < 4.78 is 26.6. The fourth-order valence-corrected chi connectivity index (χ4v) is 3.34. The fraction of sp³-hybridized carbons (Fsp3) is 0.400. The maximum atomic E-state index is 13.5. The first-order valence-corrected chi connectivity index (χ1v) is 9.45. The van der Waals surface area contributed by atoms with Crippen LogP contribution < -0.4 is 15.5 Å². The third-order valence-electron chi connectivity index (χ3n) is 4.79. The molecule has 3 rings (SSSR count). The number of halogens is 2. The molecule has 1 saturated heterocycles. The van der Waals surface area contributed by atoms with Gasteiger partial charge in [-0.05, 0) is 36.6 Å². The van der Waals surface area contributed by atoms with Crippen LogP contribution in [0.15, 0.2) is 36.7 Å². The molecular weight excluding hydrogens is 380 g/mol. The summed E-state index contributed by atoms with van der Waals surface area (Å²) in [5.41, 5.74) is 0.425. The van der Waals surface area contributed by atoms with Crippen molar-refractivity contribution in [3.63, 3.8) is 0 Å². The van der Waals surface area contributed by atoms with Gasteiger partial charge >= 0.3 is 0 Å². The molecular formula is C20H23F2N5O2. The van der Waals surface area contributed by atoms with Gasteiger partial charge in [-0.3, -0.25) is 9.59 Å². The van der Waals surface area contributed by atoms with Crippen molar-refractivity contribution < 1.29 is 18.4 Å². The highest BCUT2D eigenvalue weighted by molar-refractivity contribution is 5.87. The van der Waals surface area contributed by atoms with E-state index in [-0.39, 0.29) is 24.3 Å². The number of aromatic nitrogens is 2. The predicted molar refractivity (Wildman–Crippen MR) is 103 cm³/mol. The lowest BCUT2D eigenvalue weighted by Crippen LogP contribution is -2.52. The number of nitrogens with zero attached hydrogens (tertiary/aromatic N) is 3. The molecule has 1 aromatic carbocycles. The summed E-state index contributed by atoms with van der Waals surface area (Å²) in [6.45, 7) is 2.70. The number of benzene rings is 1. The van der Waals surface area contributed by atoms with Crippen molar-refractivity contribution in [1.82, 2.24) is 20.6 Å². The van der Waals surface area contributed by atoms with E-state index >= 15 is 0 Å². The van der Waals surface area contributed by atoms with Gasteiger partial charge in [0.1, 0.15) is 6.04 Å². The molecule has 0 radical (unpaired) electrons. The summed E-state index contributed by atoms with van der Waals surface area (Å²) in [5.74, 6) is -2.00. The Morgan fingerprint density at radius 2 is 1.86 bits per heavy atom. The zero-order chi connectivity index (χ0) is 20.8. The number of carbonyl (C=O) groups excluding carboxylic acids is 2. The Morgan fingerprint density at radius 1 is 1.17 bits per heavy atom. The molecule has 0 bridgehead atoms. The van der Waals surface area contributed by atoms with Crippen molar-refractivity contribution in [1.29, 1.82) is 0 Å². The summed E-state index contributed by atoms with van der Waals surface area (Å²) in [4.78, 5) is 34.8. The van der Waals surface area contributed by atoms with Crippen LogP contribution >= 0.6 is 0 Å². The van der Waals surface area contributed by atoms with Crippen molar-refractivity contribution >= 4 is 17.8 Å². The van der Waals surface area contributed by atoms with Crippen LogP contribution in [-0.2, 0) is 16.0 Å². The SMILES string of the molecule is CC(=O)NC(Cc1ccc(F)c(F)c1)C(=O)NC1CCN(c2ncccn2)CC1. The average Bonchev–Trinajstić information content (AvgIpc) is 2.71. The number of amides is 2. The number of rotatable bonds is 6. The van der Waals surface area contributed by atoms with Crippen molar-refractivity contribution in [2.75, 3.05) is 18.0 Å². The molecule has 1 atom stereocenters. The number of nitrogens with one attached hydrogen (secondary N) is 2. The number of hydrogen-bond acceptors (Lipinski definition) is 5. The Labute approximate surface area is 167 Å². The van der Waals surface area contributed by atoms with E-state index in [0.29, 0.717) is 37.4 Å². The van der Waals surface area contributed by atoms with E-state index in [1.165, 1.54) is 13.0 Å². The highest BCUT2D eigenvalue weighted by Gasteiger charge is 2.26. The normalized spacial score (nSPS) is 15.6. The quantitative estimate of drug-likeness (QED) is 0.765. The minimum absolute atomic E-state index is 0.0522. The van der Waals surface area contributed by atoms with Crippen LogP contribution in [0.5, 0.6) is 0 Å². The van der Waals surface area contributed by atoms with Gasteiger partial charge in [0.25, 0.3) is 0 Å². The molecule has 1 unspecified atom stereocenters. The molecule has 2 heterocycles. The smallest absolute Gasteiger partial charge is 0.243 e. The maximum Gasteiger partial charge on any atom is 0.243 e. The molecule has 154 valence electrons. The standard InChI is InChI=1S/C20H23F2N5O2/c1-13(28)25-18(12-14-3-4-16(21)17(22)11-14)19(29)26-15-5-9-27(10-6-15)20-23-7-2-8-24-20/h2-4,7-8,11,15,18H,5-6,9-10,12H2,1H3,(H,25,28)(H,26,29). The fourth-order valence-electron chi connectivity index (χ4n) is 3.34. The van der Waals surface area contributed by atoms with Gasteiger partial charge < -0.3 is 15.5 Å². The van der Waals surface area contributed by atoms with E-state index in [1.807, 2.05) is 0 Å². The van der Waals surface area contributed by atoms with E-state index in [1.54, 1.807) is 18.5 Å². The van der Waals surface area contributed by atoms with Crippen LogP contribution in [0.1, 0.15) is 25.3 Å². The summed E-state index contributed by atoms with van der Waals surface area (Å²) in [6, 6.07) is 4.28. The monoisotopic (exact) mass is 403 g/mol. The molecule has 2 aromatic rings. The van der Waals surface area contributed by atoms with E-state index in [2.05, 4.69) is 25.5 Å². The first-order valence-electron chi connectivity index (χ1n) is 9.45. The van der Waals surface area contributed by atoms with Crippen molar-refractivity contribution in [2.24, 2.45) is 0 Å². The van der Waals surface area contributed by atoms with Crippen molar-refractivity contribution in [3.05, 3.63) is 53.9 Å². The predicted octanol–water partition coefficient (Wildman–Crippen LogP) is 1.59. The van der Waals surface area contributed by atoms with Crippen molar-refractivity contribution in [3.8, 4) is 0 Å². The lowest BCUT2D eigenvalue weighted by atomic mass is 10.0. The zero-order valence-electron chi connectivity index (χ0n) is 16.1. The number of anilines is 1. The molecule has 0 spiro atoms. The van der Waals surface area contributed by atoms with Crippen LogP contribution in [-0.4, -0.2) is 47.0 Å². The molecule has 29 heavy (non-hydrogen) atoms. The molecule has 2 N–H and O–H groups in total. The Hall–Kier alpha value is -3.10. The van der Waals surface area contributed by atoms with Crippen LogP contribution in [0, 0.1) is 11.6 Å². The largest absolute Gasteiger partial charge is 0.351 e. The summed E-state index contributed by atoms with van der Waals surface area (Å²) in [7, 11) is 0. The first kappa shape index (κ1) is 20.6. The number of hydrogen-bond donors (Lipinski definition) is 2. The van der Waals surface area contributed by atoms with Gasteiger partial charge in [0.05, 0.1) is 0 Å². The van der Waals surface area contributed by atoms with Crippen molar-refractivity contribution in [2.45, 2.75) is 38.3 Å². The lowest BCUT2D eigenvalue weighted by Gasteiger charge is -2.33. The molecule has 9 heteroatoms. The average molecular weight is 403 g/mol. The van der Waals surface area contributed by atoms with Gasteiger partial charge in [0.15, 0.2) is 11.6 Å². The van der Waals surface area contributed by atoms with Gasteiger partial charge in [-0.2, -0.15) is 0 Å². The summed E-state index contributed by atoms with van der Waals surface area (Å²) in [5, 5.41) is 5.54. The minimum atomic E-state index is -0.986. The molecule has 7 nitrogen and oxygen atoms in total. The zero-order valence-corrected chi connectivity index (χ0v) is 16.1. The first-order chi connectivity index (χ1) is 13.9. The summed E-state index contributed by atoms with van der Waals surface area (Å²) in [6.07, 6.45) is 4.86. The third kappa shape index (κ3) is 5.69. The van der Waals surface area contributed by atoms with Crippen LogP contribution in [0.4, 0.5) is 14.7 Å². The Balaban J connectivity index is 1.58. The third-order valence-corrected chi connectivity index (χ3v) is 4.79. The maximum absolute atomic E-state index is 13.5. The lowest BCUT2D eigenvalue weighted by molar-refractivity contribution is -0.128. The highest BCUT2D eigenvalue weighted by atomic mass is 19.2. The second-order valence-electron chi connectivity index (χ2n) is 7.02. The highest BCUT2D eigenvalue weighted by Crippen LogP contribution is 2.16. The van der Waals surface area contributed by atoms with Gasteiger partial charge in [-0.25, -0.2) is 18.7 Å². The van der Waals surface area contributed by atoms with Gasteiger partial charge in [0, 0.05) is 44.9 Å². The summed E-state index contributed by atoms with van der Waals surface area (Å²) >= 11 is 0. The molecule has 1 aromatic heterocycles. The van der Waals surface area contributed by atoms with Gasteiger partial charge in [-0.1, -0.05) is 6.07 Å². The van der Waals surface area contributed by atoms with E-state index < -0.39 is 17.7 Å². The molecule has 2 amide bonds. The molecule has 1 fully saturated rings. The Bertz CT molecular complexity index is 857. The second-order valence-corrected chi connectivity index (χ2v) is 7.02. The van der Waals surface area contributed by atoms with Crippen LogP contribution in [0.25, 0.3) is 0 Å². The van der Waals surface area contributed by atoms with Gasteiger partial charge in [-0.15, -0.1) is 0 Å². The van der Waals surface area contributed by atoms with Gasteiger partial charge in [0.2, 0.25) is 17.8 Å².